The smallest absolute Gasteiger partial charge is 0.247 e. The van der Waals surface area contributed by atoms with Crippen LogP contribution in [0.1, 0.15) is 37.3 Å². The van der Waals surface area contributed by atoms with Crippen molar-refractivity contribution in [2.75, 3.05) is 50.2 Å². The van der Waals surface area contributed by atoms with E-state index in [0.717, 1.165) is 51.2 Å². The number of amidine groups is 1. The Morgan fingerprint density at radius 3 is 2.66 bits per heavy atom. The number of hydrogen-bond acceptors (Lipinski definition) is 10. The molecular weight excluding hydrogens is 650 g/mol. The van der Waals surface area contributed by atoms with E-state index >= 15 is 4.39 Å². The van der Waals surface area contributed by atoms with E-state index in [1.165, 1.54) is 23.3 Å². The predicted molar refractivity (Wildman–Crippen MR) is 180 cm³/mol. The Labute approximate surface area is 283 Å². The molecule has 252 valence electrons. The lowest BCUT2D eigenvalue weighted by Gasteiger charge is -2.41. The van der Waals surface area contributed by atoms with Gasteiger partial charge in [-0.3, -0.25) is 14.5 Å². The maximum absolute atomic E-state index is 15.1. The molecule has 3 atom stereocenters. The lowest BCUT2D eigenvalue weighted by Crippen LogP contribution is -2.49. The molecule has 0 radical (unpaired) electrons. The number of likely N-dealkylation sites (tertiary alicyclic amines) is 1. The average Bonchev–Trinajstić information content (AvgIpc) is 3.85. The Hall–Kier alpha value is -3.59. The second-order valence-corrected chi connectivity index (χ2v) is 12.7. The van der Waals surface area contributed by atoms with Crippen molar-refractivity contribution in [3.8, 4) is 5.75 Å². The van der Waals surface area contributed by atoms with Gasteiger partial charge in [-0.05, 0) is 37.5 Å². The number of methoxy groups -OCH3 is 1. The second kappa shape index (κ2) is 14.3. The summed E-state index contributed by atoms with van der Waals surface area (Å²) in [5.74, 6) is 5.59. The number of hydrogen-bond donors (Lipinski definition) is 4. The summed E-state index contributed by atoms with van der Waals surface area (Å²) in [5, 5.41) is 4.28. The summed E-state index contributed by atoms with van der Waals surface area (Å²) < 4.78 is 26.6. The van der Waals surface area contributed by atoms with E-state index in [2.05, 4.69) is 32.1 Å². The number of benzene rings is 2. The molecule has 4 fully saturated rings. The number of anilines is 2. The number of rotatable bonds is 10. The molecule has 47 heavy (non-hydrogen) atoms. The maximum atomic E-state index is 15.1. The zero-order chi connectivity index (χ0) is 33.2. The van der Waals surface area contributed by atoms with Crippen LogP contribution in [0, 0.1) is 5.82 Å². The van der Waals surface area contributed by atoms with Crippen LogP contribution in [0.25, 0.3) is 0 Å². The fourth-order valence-electron chi connectivity index (χ4n) is 6.94. The van der Waals surface area contributed by atoms with Gasteiger partial charge in [0, 0.05) is 55.8 Å². The maximum Gasteiger partial charge on any atom is 0.247 e. The van der Waals surface area contributed by atoms with Crippen LogP contribution >= 0.6 is 23.2 Å². The average molecular weight is 690 g/mol. The van der Waals surface area contributed by atoms with Crippen LogP contribution in [-0.2, 0) is 14.4 Å². The molecule has 0 aromatic heterocycles. The minimum atomic E-state index is -0.640. The number of ether oxygens (including phenoxy) is 2. The van der Waals surface area contributed by atoms with Gasteiger partial charge < -0.3 is 30.8 Å². The fourth-order valence-corrected chi connectivity index (χ4v) is 7.25. The van der Waals surface area contributed by atoms with Crippen molar-refractivity contribution < 1.29 is 23.5 Å². The van der Waals surface area contributed by atoms with Crippen molar-refractivity contribution in [1.29, 1.82) is 0 Å². The van der Waals surface area contributed by atoms with E-state index < -0.39 is 11.9 Å². The van der Waals surface area contributed by atoms with Crippen LogP contribution in [0.15, 0.2) is 53.8 Å². The number of carbonyl (C=O) groups is 1. The number of carbonyl (C=O) groups excluding carboxylic acids is 1. The van der Waals surface area contributed by atoms with Gasteiger partial charge in [-0.2, -0.15) is 0 Å². The van der Waals surface area contributed by atoms with Crippen LogP contribution in [0.4, 0.5) is 21.5 Å². The third-order valence-electron chi connectivity index (χ3n) is 9.21. The van der Waals surface area contributed by atoms with Crippen LogP contribution < -0.4 is 32.0 Å². The van der Waals surface area contributed by atoms with Gasteiger partial charge >= 0.3 is 0 Å². The molecule has 0 unspecified atom stereocenters. The Morgan fingerprint density at radius 1 is 1.21 bits per heavy atom. The lowest BCUT2D eigenvalue weighted by molar-refractivity contribution is -0.111. The van der Waals surface area contributed by atoms with Crippen molar-refractivity contribution >= 4 is 52.0 Å². The van der Waals surface area contributed by atoms with E-state index in [1.807, 2.05) is 6.07 Å². The molecule has 4 saturated heterocycles. The summed E-state index contributed by atoms with van der Waals surface area (Å²) in [6, 6.07) is 7.12. The van der Waals surface area contributed by atoms with Crippen LogP contribution in [-0.4, -0.2) is 79.9 Å². The van der Waals surface area contributed by atoms with Crippen molar-refractivity contribution in [3.63, 3.8) is 0 Å². The van der Waals surface area contributed by atoms with Gasteiger partial charge in [0.2, 0.25) is 5.91 Å². The molecule has 1 amide bonds. The summed E-state index contributed by atoms with van der Waals surface area (Å²) in [6.07, 6.45) is 6.62. The van der Waals surface area contributed by atoms with E-state index in [-0.39, 0.29) is 27.6 Å². The number of amides is 1. The van der Waals surface area contributed by atoms with E-state index in [0.29, 0.717) is 53.9 Å². The number of hydroxylamine groups is 2. The topological polar surface area (TPSA) is 143 Å². The molecule has 6 N–H and O–H groups in total. The van der Waals surface area contributed by atoms with Crippen LogP contribution in [0.5, 0.6) is 5.75 Å². The minimum Gasteiger partial charge on any atom is -0.494 e. The summed E-state index contributed by atoms with van der Waals surface area (Å²) >= 11 is 12.1. The highest BCUT2D eigenvalue weighted by Crippen LogP contribution is 2.42. The summed E-state index contributed by atoms with van der Waals surface area (Å²) in [6.45, 7) is 7.36. The van der Waals surface area contributed by atoms with Gasteiger partial charge in [-0.1, -0.05) is 35.8 Å². The fraction of sp³-hybridized carbons (Fsp3) is 0.438. The number of piperidine rings is 1. The van der Waals surface area contributed by atoms with E-state index in [9.17, 15) is 4.79 Å². The van der Waals surface area contributed by atoms with Crippen molar-refractivity contribution in [1.82, 2.24) is 15.4 Å². The normalized spacial score (nSPS) is 23.8. The highest BCUT2D eigenvalue weighted by atomic mass is 35.5. The standard InChI is InChI=1S/C32H39Cl2FN8O4/c1-3-30(44)39-23-13-24(27(45-2)14-26(23)41-9-6-18(7-10-41)42-16-20-12-19(42)17-46-20)38-28(36)15-29(40-37)43-25(8-11-47-43)21-4-5-22(33)31(34)32(21)35/h3-5,13-15,18-20,25,40H,1,6-12,16-17,37H2,2H3,(H2,36,38)(H,39,44)/b29-15+/t19-,20-,25-/m1/s1. The number of morpholine rings is 1. The molecule has 4 heterocycles. The first-order valence-electron chi connectivity index (χ1n) is 15.6. The molecule has 2 bridgehead atoms. The summed E-state index contributed by atoms with van der Waals surface area (Å²) in [4.78, 5) is 27.7. The molecular formula is C32H39Cl2FN8O4. The third kappa shape index (κ3) is 6.87. The van der Waals surface area contributed by atoms with E-state index in [1.54, 1.807) is 19.2 Å². The van der Waals surface area contributed by atoms with Crippen molar-refractivity contribution in [2.45, 2.75) is 49.9 Å². The molecule has 6 rings (SSSR count). The molecule has 12 nitrogen and oxygen atoms in total. The van der Waals surface area contributed by atoms with E-state index in [4.69, 9.17) is 49.1 Å². The second-order valence-electron chi connectivity index (χ2n) is 11.9. The Morgan fingerprint density at radius 2 is 2.00 bits per heavy atom. The number of aliphatic imine (C=N–C) groups is 1. The van der Waals surface area contributed by atoms with Gasteiger partial charge in [-0.15, -0.1) is 0 Å². The van der Waals surface area contributed by atoms with Crippen molar-refractivity contribution in [2.24, 2.45) is 16.6 Å². The number of fused-ring (bicyclic) bond motifs is 2. The van der Waals surface area contributed by atoms with Gasteiger partial charge in [0.1, 0.15) is 28.9 Å². The van der Waals surface area contributed by atoms with Crippen LogP contribution in [0.3, 0.4) is 0 Å². The molecule has 2 aromatic rings. The molecule has 0 saturated carbocycles. The first-order valence-corrected chi connectivity index (χ1v) is 16.3. The molecule has 4 aliphatic rings. The first-order chi connectivity index (χ1) is 22.7. The largest absolute Gasteiger partial charge is 0.494 e. The number of nitrogens with zero attached hydrogens (tertiary/aromatic N) is 4. The number of nitrogens with one attached hydrogen (secondary N) is 2. The third-order valence-corrected chi connectivity index (χ3v) is 9.99. The van der Waals surface area contributed by atoms with Gasteiger partial charge in [-0.25, -0.2) is 20.3 Å². The van der Waals surface area contributed by atoms with Gasteiger partial charge in [0.05, 0.1) is 53.9 Å². The number of hydrazine groups is 1. The molecule has 2 aromatic carbocycles. The first kappa shape index (κ1) is 33.3. The Bertz CT molecular complexity index is 1580. The number of halogens is 3. The zero-order valence-corrected chi connectivity index (χ0v) is 27.6. The molecule has 0 spiro atoms. The predicted octanol–water partition coefficient (Wildman–Crippen LogP) is 4.38. The van der Waals surface area contributed by atoms with Gasteiger partial charge in [0.15, 0.2) is 0 Å². The molecule has 15 heteroatoms. The zero-order valence-electron chi connectivity index (χ0n) is 26.1. The monoisotopic (exact) mass is 688 g/mol. The molecule has 0 aliphatic carbocycles. The quantitative estimate of drug-likeness (QED) is 0.0709. The van der Waals surface area contributed by atoms with Gasteiger partial charge in [0.25, 0.3) is 0 Å². The lowest BCUT2D eigenvalue weighted by atomic mass is 10.0. The Kier molecular flexibility index (Phi) is 10.1. The number of nitrogens with two attached hydrogens (primary N) is 2. The summed E-state index contributed by atoms with van der Waals surface area (Å²) in [5.41, 5.74) is 11.0. The highest BCUT2D eigenvalue weighted by Gasteiger charge is 2.43. The molecule has 4 aliphatic heterocycles. The minimum absolute atomic E-state index is 0.0403. The SMILES string of the molecule is C=CC(=O)Nc1cc(N=C(N)/C=C(\NN)N2OCC[C@@H]2c2ccc(Cl)c(Cl)c2F)c(OC)cc1N1CCC(N2C[C@H]3C[C@@H]2CO3)CC1. The van der Waals surface area contributed by atoms with Crippen LogP contribution in [0.2, 0.25) is 10.0 Å². The van der Waals surface area contributed by atoms with Crippen molar-refractivity contribution in [3.05, 3.63) is 70.2 Å². The summed E-state index contributed by atoms with van der Waals surface area (Å²) in [7, 11) is 1.55. The Balaban J connectivity index is 1.25. The highest BCUT2D eigenvalue weighted by molar-refractivity contribution is 6.42.